The maximum Gasteiger partial charge on any atom is 0.338 e. The highest BCUT2D eigenvalue weighted by Gasteiger charge is 2.76. The highest BCUT2D eigenvalue weighted by molar-refractivity contribution is 5.92. The van der Waals surface area contributed by atoms with Gasteiger partial charge in [-0.25, -0.2) is 4.79 Å². The third-order valence-corrected chi connectivity index (χ3v) is 10.7. The van der Waals surface area contributed by atoms with Crippen molar-refractivity contribution in [1.29, 1.82) is 0 Å². The molecule has 2 saturated carbocycles. The summed E-state index contributed by atoms with van der Waals surface area (Å²) in [5, 5.41) is 24.1. The van der Waals surface area contributed by atoms with Crippen molar-refractivity contribution in [1.82, 2.24) is 0 Å². The van der Waals surface area contributed by atoms with Crippen LogP contribution in [0, 0.1) is 28.6 Å². The molecule has 2 N–H and O–H groups in total. The summed E-state index contributed by atoms with van der Waals surface area (Å²) in [7, 11) is 0. The SMILES string of the molecule is CC(=O)O[C@@]12CO[C@@H]1C[C@H](C)[C@@]1(C)C(=O)[C@H](C)C3=C(C)[C@@H](O)C[C@@](O)([C@@H](OC(=O)c4ccccc4)C12)C3(C)C. The molecule has 4 aliphatic rings. The van der Waals surface area contributed by atoms with Crippen molar-refractivity contribution in [2.45, 2.75) is 90.8 Å². The van der Waals surface area contributed by atoms with E-state index in [0.29, 0.717) is 17.6 Å². The Morgan fingerprint density at radius 3 is 2.31 bits per heavy atom. The predicted molar refractivity (Wildman–Crippen MR) is 141 cm³/mol. The van der Waals surface area contributed by atoms with Crippen LogP contribution in [0.4, 0.5) is 0 Å². The van der Waals surface area contributed by atoms with Crippen LogP contribution >= 0.6 is 0 Å². The maximum atomic E-state index is 14.7. The van der Waals surface area contributed by atoms with Crippen LogP contribution in [-0.2, 0) is 23.8 Å². The van der Waals surface area contributed by atoms with Gasteiger partial charge in [-0.1, -0.05) is 52.8 Å². The van der Waals surface area contributed by atoms with Gasteiger partial charge < -0.3 is 24.4 Å². The molecule has 2 bridgehead atoms. The van der Waals surface area contributed by atoms with Gasteiger partial charge in [0.1, 0.15) is 23.6 Å². The summed E-state index contributed by atoms with van der Waals surface area (Å²) >= 11 is 0. The van der Waals surface area contributed by atoms with Crippen LogP contribution < -0.4 is 0 Å². The van der Waals surface area contributed by atoms with Crippen LogP contribution in [0.1, 0.15) is 71.7 Å². The van der Waals surface area contributed by atoms with Crippen molar-refractivity contribution >= 4 is 17.7 Å². The lowest BCUT2D eigenvalue weighted by atomic mass is 9.42. The molecule has 1 unspecified atom stereocenters. The van der Waals surface area contributed by atoms with Gasteiger partial charge in [-0.3, -0.25) is 9.59 Å². The maximum absolute atomic E-state index is 14.7. The number of aliphatic hydroxyl groups is 2. The topological polar surface area (TPSA) is 119 Å². The van der Waals surface area contributed by atoms with Crippen molar-refractivity contribution in [3.05, 3.63) is 47.0 Å². The van der Waals surface area contributed by atoms with Gasteiger partial charge in [-0.2, -0.15) is 0 Å². The van der Waals surface area contributed by atoms with E-state index in [2.05, 4.69) is 0 Å². The zero-order valence-electron chi connectivity index (χ0n) is 23.8. The van der Waals surface area contributed by atoms with E-state index >= 15 is 0 Å². The molecule has 1 saturated heterocycles. The van der Waals surface area contributed by atoms with Crippen LogP contribution in [0.15, 0.2) is 41.5 Å². The van der Waals surface area contributed by atoms with Crippen molar-refractivity contribution in [3.8, 4) is 0 Å². The number of hydrogen-bond donors (Lipinski definition) is 2. The first-order valence-corrected chi connectivity index (χ1v) is 13.9. The summed E-state index contributed by atoms with van der Waals surface area (Å²) in [6.45, 7) is 12.5. The monoisotopic (exact) mass is 540 g/mol. The van der Waals surface area contributed by atoms with Crippen molar-refractivity contribution in [3.63, 3.8) is 0 Å². The zero-order chi connectivity index (χ0) is 28.7. The highest BCUT2D eigenvalue weighted by atomic mass is 16.6. The number of Topliss-reactive ketones (excluding diaryl/α,β-unsaturated/α-hetero) is 1. The number of fused-ring (bicyclic) bond motifs is 5. The zero-order valence-corrected chi connectivity index (χ0v) is 23.8. The Balaban J connectivity index is 1.81. The Bertz CT molecular complexity index is 1240. The largest absolute Gasteiger partial charge is 0.455 e. The molecule has 1 aromatic carbocycles. The molecule has 1 heterocycles. The molecule has 1 aromatic rings. The number of ether oxygens (including phenoxy) is 3. The van der Waals surface area contributed by atoms with Crippen LogP contribution in [0.2, 0.25) is 0 Å². The number of aliphatic hydroxyl groups excluding tert-OH is 1. The number of ketones is 1. The quantitative estimate of drug-likeness (QED) is 0.441. The highest BCUT2D eigenvalue weighted by Crippen LogP contribution is 2.66. The fraction of sp³-hybridized carbons (Fsp3) is 0.645. The molecule has 0 radical (unpaired) electrons. The van der Waals surface area contributed by atoms with E-state index in [4.69, 9.17) is 14.2 Å². The van der Waals surface area contributed by atoms with Gasteiger partial charge in [0.2, 0.25) is 0 Å². The summed E-state index contributed by atoms with van der Waals surface area (Å²) < 4.78 is 18.3. The summed E-state index contributed by atoms with van der Waals surface area (Å²) in [6, 6.07) is 8.47. The third-order valence-electron chi connectivity index (χ3n) is 10.7. The van der Waals surface area contributed by atoms with E-state index in [1.54, 1.807) is 37.3 Å². The molecule has 0 spiro atoms. The molecule has 9 atom stereocenters. The van der Waals surface area contributed by atoms with Gasteiger partial charge in [-0.15, -0.1) is 0 Å². The van der Waals surface area contributed by atoms with Gasteiger partial charge in [0.05, 0.1) is 24.2 Å². The molecule has 3 fully saturated rings. The number of esters is 2. The molecule has 8 nitrogen and oxygen atoms in total. The predicted octanol–water partition coefficient (Wildman–Crippen LogP) is 3.63. The lowest BCUT2D eigenvalue weighted by Gasteiger charge is -2.68. The Kier molecular flexibility index (Phi) is 6.45. The minimum absolute atomic E-state index is 0.0199. The molecule has 1 aliphatic heterocycles. The first-order valence-electron chi connectivity index (χ1n) is 13.9. The summed E-state index contributed by atoms with van der Waals surface area (Å²) in [5.41, 5.74) is -3.68. The first-order chi connectivity index (χ1) is 18.1. The average Bonchev–Trinajstić information content (AvgIpc) is 2.87. The molecule has 212 valence electrons. The minimum Gasteiger partial charge on any atom is -0.455 e. The summed E-state index contributed by atoms with van der Waals surface area (Å²) in [4.78, 5) is 40.9. The number of rotatable bonds is 3. The molecular weight excluding hydrogens is 500 g/mol. The van der Waals surface area contributed by atoms with Gasteiger partial charge in [-0.05, 0) is 42.5 Å². The minimum atomic E-state index is -1.79. The van der Waals surface area contributed by atoms with E-state index in [1.807, 2.05) is 34.6 Å². The molecule has 39 heavy (non-hydrogen) atoms. The van der Waals surface area contributed by atoms with Crippen LogP contribution in [0.25, 0.3) is 0 Å². The van der Waals surface area contributed by atoms with E-state index in [-0.39, 0.29) is 30.3 Å². The molecule has 5 rings (SSSR count). The molecule has 3 aliphatic carbocycles. The third kappa shape index (κ3) is 3.64. The average molecular weight is 541 g/mol. The molecule has 8 heteroatoms. The number of benzene rings is 1. The Hall–Kier alpha value is -2.55. The van der Waals surface area contributed by atoms with E-state index in [9.17, 15) is 24.6 Å². The second-order valence-corrected chi connectivity index (χ2v) is 12.9. The van der Waals surface area contributed by atoms with Crippen molar-refractivity contribution < 1.29 is 38.8 Å². The van der Waals surface area contributed by atoms with E-state index < -0.39 is 64.1 Å². The Morgan fingerprint density at radius 1 is 1.10 bits per heavy atom. The standard InChI is InChI=1S/C31H40O8/c1-16-13-22-30(15-37-22,39-19(4)32)24-26(38-27(35)20-11-9-8-10-12-20)31(36)14-21(33)17(2)23(28(31,5)6)18(3)25(34)29(16,24)7/h8-12,16,18,21-22,24,26,33,36H,13-15H2,1-7H3/t16-,18+,21-,22+,24?,26-,29+,30-,31+/m0/s1. The van der Waals surface area contributed by atoms with Gasteiger partial charge in [0.25, 0.3) is 0 Å². The van der Waals surface area contributed by atoms with Crippen LogP contribution in [0.3, 0.4) is 0 Å². The number of carbonyl (C=O) groups is 3. The van der Waals surface area contributed by atoms with Gasteiger partial charge in [0.15, 0.2) is 5.60 Å². The number of hydrogen-bond acceptors (Lipinski definition) is 8. The first kappa shape index (κ1) is 28.0. The number of carbonyl (C=O) groups excluding carboxylic acids is 3. The van der Waals surface area contributed by atoms with E-state index in [1.165, 1.54) is 6.92 Å². The summed E-state index contributed by atoms with van der Waals surface area (Å²) in [6.07, 6.45) is -2.50. The van der Waals surface area contributed by atoms with Crippen LogP contribution in [0.5, 0.6) is 0 Å². The van der Waals surface area contributed by atoms with Crippen molar-refractivity contribution in [2.75, 3.05) is 6.61 Å². The van der Waals surface area contributed by atoms with Gasteiger partial charge >= 0.3 is 11.9 Å². The smallest absolute Gasteiger partial charge is 0.338 e. The lowest BCUT2D eigenvalue weighted by molar-refractivity contribution is -0.339. The van der Waals surface area contributed by atoms with E-state index in [0.717, 1.165) is 0 Å². The Morgan fingerprint density at radius 2 is 1.74 bits per heavy atom. The Labute approximate surface area is 229 Å². The second kappa shape index (κ2) is 8.98. The van der Waals surface area contributed by atoms with Crippen LogP contribution in [-0.4, -0.2) is 64.1 Å². The normalized spacial score (nSPS) is 42.7. The van der Waals surface area contributed by atoms with Gasteiger partial charge in [0, 0.05) is 30.1 Å². The molecule has 0 amide bonds. The molecular formula is C31H40O8. The fourth-order valence-electron chi connectivity index (χ4n) is 8.46. The fourth-order valence-corrected chi connectivity index (χ4v) is 8.46. The molecule has 0 aromatic heterocycles. The summed E-state index contributed by atoms with van der Waals surface area (Å²) in [5.74, 6) is -3.08. The lowest BCUT2D eigenvalue weighted by Crippen LogP contribution is -2.80. The second-order valence-electron chi connectivity index (χ2n) is 12.9. The van der Waals surface area contributed by atoms with Crippen molar-refractivity contribution in [2.24, 2.45) is 28.6 Å².